The quantitative estimate of drug-likeness (QED) is 0.550. The molecule has 1 saturated carbocycles. The van der Waals surface area contributed by atoms with Gasteiger partial charge in [0.1, 0.15) is 11.4 Å². The molecule has 1 aromatic rings. The number of carbonyl (C=O) groups is 1. The zero-order valence-corrected chi connectivity index (χ0v) is 16.2. The number of nitriles is 1. The fourth-order valence-electron chi connectivity index (χ4n) is 2.98. The highest BCUT2D eigenvalue weighted by atomic mass is 32.2. The molecule has 2 rings (SSSR count). The van der Waals surface area contributed by atoms with Crippen molar-refractivity contribution >= 4 is 17.7 Å². The first-order chi connectivity index (χ1) is 11.9. The smallest absolute Gasteiger partial charge is 0.234 e. The van der Waals surface area contributed by atoms with Crippen molar-refractivity contribution in [3.05, 3.63) is 18.5 Å². The summed E-state index contributed by atoms with van der Waals surface area (Å²) in [6.07, 6.45) is 7.91. The van der Waals surface area contributed by atoms with Crippen LogP contribution in [0.5, 0.6) is 0 Å². The summed E-state index contributed by atoms with van der Waals surface area (Å²) in [6, 6.07) is 2.15. The minimum atomic E-state index is -0.820. The molecule has 1 aromatic heterocycles. The molecule has 1 amide bonds. The number of thioether (sulfide) groups is 1. The van der Waals surface area contributed by atoms with Gasteiger partial charge in [0.15, 0.2) is 5.16 Å². The third-order valence-electron chi connectivity index (χ3n) is 4.84. The molecule has 1 fully saturated rings. The van der Waals surface area contributed by atoms with E-state index < -0.39 is 5.54 Å². The average molecular weight is 362 g/mol. The molecule has 6 nitrogen and oxygen atoms in total. The lowest BCUT2D eigenvalue weighted by molar-refractivity contribution is -0.130. The molecule has 25 heavy (non-hydrogen) atoms. The van der Waals surface area contributed by atoms with Gasteiger partial charge in [-0.3, -0.25) is 4.79 Å². The first-order valence-electron chi connectivity index (χ1n) is 8.75. The van der Waals surface area contributed by atoms with Crippen molar-refractivity contribution in [1.29, 1.82) is 5.26 Å². The summed E-state index contributed by atoms with van der Waals surface area (Å²) < 4.78 is 2.08. The Labute approximate surface area is 154 Å². The van der Waals surface area contributed by atoms with Crippen molar-refractivity contribution < 1.29 is 4.79 Å². The Hall–Kier alpha value is -1.81. The molecule has 0 radical (unpaired) electrons. The topological polar surface area (TPSA) is 74.8 Å². The van der Waals surface area contributed by atoms with Gasteiger partial charge in [-0.2, -0.15) is 5.26 Å². The first-order valence-corrected chi connectivity index (χ1v) is 9.74. The fraction of sp³-hybridized carbons (Fsp3) is 0.667. The van der Waals surface area contributed by atoms with E-state index >= 15 is 0 Å². The SMILES string of the molecule is C=CCn1c(SCC(=O)N(C)C(C)(C)C#N)nnc1C1CCCCC1. The van der Waals surface area contributed by atoms with E-state index in [1.807, 2.05) is 6.08 Å². The van der Waals surface area contributed by atoms with Gasteiger partial charge in [0.2, 0.25) is 5.91 Å². The zero-order chi connectivity index (χ0) is 18.4. The van der Waals surface area contributed by atoms with Crippen LogP contribution in [-0.2, 0) is 11.3 Å². The van der Waals surface area contributed by atoms with Crippen molar-refractivity contribution in [2.45, 2.75) is 69.1 Å². The molecule has 1 heterocycles. The van der Waals surface area contributed by atoms with Crippen LogP contribution in [0.15, 0.2) is 17.8 Å². The van der Waals surface area contributed by atoms with Crippen molar-refractivity contribution in [3.63, 3.8) is 0 Å². The fourth-order valence-corrected chi connectivity index (χ4v) is 3.85. The summed E-state index contributed by atoms with van der Waals surface area (Å²) >= 11 is 1.38. The Balaban J connectivity index is 2.09. The standard InChI is InChI=1S/C18H27N5OS/c1-5-11-23-16(14-9-7-6-8-10-14)20-21-17(23)25-12-15(24)22(4)18(2,3)13-19/h5,14H,1,6-12H2,2-4H3. The van der Waals surface area contributed by atoms with Gasteiger partial charge < -0.3 is 9.47 Å². The van der Waals surface area contributed by atoms with Crippen molar-refractivity contribution in [3.8, 4) is 6.07 Å². The second kappa shape index (κ2) is 8.52. The predicted octanol–water partition coefficient (Wildman–Crippen LogP) is 3.36. The van der Waals surface area contributed by atoms with Gasteiger partial charge in [-0.05, 0) is 26.7 Å². The molecule has 0 aliphatic heterocycles. The maximum atomic E-state index is 12.4. The van der Waals surface area contributed by atoms with Crippen LogP contribution in [0.1, 0.15) is 57.7 Å². The van der Waals surface area contributed by atoms with E-state index in [-0.39, 0.29) is 11.7 Å². The van der Waals surface area contributed by atoms with E-state index in [1.54, 1.807) is 20.9 Å². The molecule has 1 aliphatic rings. The number of hydrogen-bond acceptors (Lipinski definition) is 5. The zero-order valence-electron chi connectivity index (χ0n) is 15.4. The second-order valence-electron chi connectivity index (χ2n) is 6.99. The van der Waals surface area contributed by atoms with Crippen LogP contribution in [-0.4, -0.2) is 43.9 Å². The lowest BCUT2D eigenvalue weighted by atomic mass is 9.89. The highest BCUT2D eigenvalue weighted by Gasteiger charge is 2.28. The Bertz CT molecular complexity index is 655. The molecular formula is C18H27N5OS. The van der Waals surface area contributed by atoms with Gasteiger partial charge in [-0.1, -0.05) is 37.1 Å². The van der Waals surface area contributed by atoms with E-state index in [0.717, 1.165) is 23.8 Å². The van der Waals surface area contributed by atoms with Crippen LogP contribution in [0, 0.1) is 11.3 Å². The molecule has 0 atom stereocenters. The van der Waals surface area contributed by atoms with Crippen LogP contribution in [0.25, 0.3) is 0 Å². The summed E-state index contributed by atoms with van der Waals surface area (Å²) in [5, 5.41) is 18.6. The van der Waals surface area contributed by atoms with Crippen LogP contribution in [0.2, 0.25) is 0 Å². The Kier molecular flexibility index (Phi) is 6.65. The molecular weight excluding hydrogens is 334 g/mol. The number of amides is 1. The van der Waals surface area contributed by atoms with Crippen molar-refractivity contribution in [2.24, 2.45) is 0 Å². The van der Waals surface area contributed by atoms with Crippen molar-refractivity contribution in [2.75, 3.05) is 12.8 Å². The second-order valence-corrected chi connectivity index (χ2v) is 7.93. The monoisotopic (exact) mass is 361 g/mol. The van der Waals surface area contributed by atoms with Crippen LogP contribution in [0.3, 0.4) is 0 Å². The van der Waals surface area contributed by atoms with Gasteiger partial charge in [0, 0.05) is 19.5 Å². The van der Waals surface area contributed by atoms with Crippen LogP contribution >= 0.6 is 11.8 Å². The largest absolute Gasteiger partial charge is 0.327 e. The minimum Gasteiger partial charge on any atom is -0.327 e. The molecule has 7 heteroatoms. The molecule has 136 valence electrons. The summed E-state index contributed by atoms with van der Waals surface area (Å²) in [5.41, 5.74) is -0.820. The minimum absolute atomic E-state index is 0.0936. The van der Waals surface area contributed by atoms with E-state index in [4.69, 9.17) is 0 Å². The number of allylic oxidation sites excluding steroid dienone is 1. The lowest BCUT2D eigenvalue weighted by Gasteiger charge is -2.29. The molecule has 0 spiro atoms. The average Bonchev–Trinajstić information content (AvgIpc) is 3.02. The summed E-state index contributed by atoms with van der Waals surface area (Å²) in [4.78, 5) is 13.9. The Morgan fingerprint density at radius 1 is 1.44 bits per heavy atom. The van der Waals surface area contributed by atoms with E-state index in [0.29, 0.717) is 12.5 Å². The molecule has 0 saturated heterocycles. The number of hydrogen-bond donors (Lipinski definition) is 0. The number of rotatable bonds is 7. The van der Waals surface area contributed by atoms with Crippen molar-refractivity contribution in [1.82, 2.24) is 19.7 Å². The van der Waals surface area contributed by atoms with Crippen LogP contribution < -0.4 is 0 Å². The highest BCUT2D eigenvalue weighted by molar-refractivity contribution is 7.99. The van der Waals surface area contributed by atoms with Crippen LogP contribution in [0.4, 0.5) is 0 Å². The van der Waals surface area contributed by atoms with E-state index in [9.17, 15) is 10.1 Å². The maximum absolute atomic E-state index is 12.4. The van der Waals surface area contributed by atoms with Gasteiger partial charge in [0.25, 0.3) is 0 Å². The number of carbonyl (C=O) groups excluding carboxylic acids is 1. The van der Waals surface area contributed by atoms with Gasteiger partial charge >= 0.3 is 0 Å². The van der Waals surface area contributed by atoms with E-state index in [2.05, 4.69) is 27.4 Å². The normalized spacial score (nSPS) is 15.6. The molecule has 0 bridgehead atoms. The molecule has 1 aliphatic carbocycles. The predicted molar refractivity (Wildman–Crippen MR) is 99.2 cm³/mol. The Morgan fingerprint density at radius 2 is 2.12 bits per heavy atom. The lowest BCUT2D eigenvalue weighted by Crippen LogP contribution is -2.44. The molecule has 0 N–H and O–H groups in total. The maximum Gasteiger partial charge on any atom is 0.234 e. The first kappa shape index (κ1) is 19.5. The number of aromatic nitrogens is 3. The highest BCUT2D eigenvalue weighted by Crippen LogP contribution is 2.33. The third kappa shape index (κ3) is 4.63. The summed E-state index contributed by atoms with van der Waals surface area (Å²) in [7, 11) is 1.66. The molecule has 0 aromatic carbocycles. The molecule has 0 unspecified atom stereocenters. The summed E-state index contributed by atoms with van der Waals surface area (Å²) in [6.45, 7) is 7.95. The Morgan fingerprint density at radius 3 is 2.72 bits per heavy atom. The number of nitrogens with zero attached hydrogens (tertiary/aromatic N) is 5. The van der Waals surface area contributed by atoms with Gasteiger partial charge in [0.05, 0.1) is 11.8 Å². The van der Waals surface area contributed by atoms with E-state index in [1.165, 1.54) is 35.9 Å². The summed E-state index contributed by atoms with van der Waals surface area (Å²) in [5.74, 6) is 1.61. The third-order valence-corrected chi connectivity index (χ3v) is 5.79. The van der Waals surface area contributed by atoms with Gasteiger partial charge in [-0.15, -0.1) is 16.8 Å². The van der Waals surface area contributed by atoms with Gasteiger partial charge in [-0.25, -0.2) is 0 Å².